The molecule has 4 nitrogen and oxygen atoms in total. The highest BCUT2D eigenvalue weighted by molar-refractivity contribution is 5.81. The van der Waals surface area contributed by atoms with E-state index in [1.807, 2.05) is 6.92 Å². The van der Waals surface area contributed by atoms with E-state index in [2.05, 4.69) is 24.1 Å². The first-order valence-electron chi connectivity index (χ1n) is 6.80. The van der Waals surface area contributed by atoms with Gasteiger partial charge in [-0.05, 0) is 39.2 Å². The number of amides is 1. The number of aliphatic hydroxyl groups is 1. The van der Waals surface area contributed by atoms with Crippen LogP contribution in [0.25, 0.3) is 0 Å². The van der Waals surface area contributed by atoms with E-state index in [-0.39, 0.29) is 30.6 Å². The minimum absolute atomic E-state index is 0.0963. The Kier molecular flexibility index (Phi) is 5.92. The molecule has 1 fully saturated rings. The minimum atomic E-state index is -0.129. The van der Waals surface area contributed by atoms with E-state index in [0.717, 1.165) is 32.2 Å². The van der Waals surface area contributed by atoms with Crippen LogP contribution in [0, 0.1) is 0 Å². The zero-order valence-electron chi connectivity index (χ0n) is 11.3. The molecule has 4 heteroatoms. The average molecular weight is 242 g/mol. The summed E-state index contributed by atoms with van der Waals surface area (Å²) >= 11 is 0. The number of nitrogens with one attached hydrogen (secondary N) is 1. The van der Waals surface area contributed by atoms with E-state index < -0.39 is 0 Å². The Hall–Kier alpha value is -0.610. The monoisotopic (exact) mass is 242 g/mol. The van der Waals surface area contributed by atoms with Crippen molar-refractivity contribution in [2.24, 2.45) is 0 Å². The number of nitrogens with zero attached hydrogens (tertiary/aromatic N) is 1. The number of rotatable bonds is 6. The van der Waals surface area contributed by atoms with Crippen molar-refractivity contribution < 1.29 is 9.90 Å². The third-order valence-corrected chi connectivity index (χ3v) is 3.84. The van der Waals surface area contributed by atoms with Crippen LogP contribution < -0.4 is 5.32 Å². The molecule has 1 saturated heterocycles. The van der Waals surface area contributed by atoms with Gasteiger partial charge in [0, 0.05) is 12.1 Å². The van der Waals surface area contributed by atoms with Crippen molar-refractivity contribution in [1.82, 2.24) is 10.2 Å². The van der Waals surface area contributed by atoms with Crippen molar-refractivity contribution in [3.63, 3.8) is 0 Å². The molecular formula is C13H26N2O2. The normalized spacial score (nSPS) is 23.0. The van der Waals surface area contributed by atoms with E-state index >= 15 is 0 Å². The molecule has 0 aromatic carbocycles. The predicted octanol–water partition coefficient (Wildman–Crippen LogP) is 1.14. The van der Waals surface area contributed by atoms with E-state index in [1.54, 1.807) is 0 Å². The Morgan fingerprint density at radius 2 is 2.12 bits per heavy atom. The molecule has 0 spiro atoms. The van der Waals surface area contributed by atoms with Gasteiger partial charge in [0.1, 0.15) is 0 Å². The molecule has 17 heavy (non-hydrogen) atoms. The zero-order valence-corrected chi connectivity index (χ0v) is 11.3. The third kappa shape index (κ3) is 3.68. The fourth-order valence-corrected chi connectivity index (χ4v) is 2.53. The van der Waals surface area contributed by atoms with Gasteiger partial charge in [-0.15, -0.1) is 0 Å². The van der Waals surface area contributed by atoms with Gasteiger partial charge in [-0.25, -0.2) is 0 Å². The van der Waals surface area contributed by atoms with Crippen LogP contribution in [-0.4, -0.2) is 47.2 Å². The number of hydrogen-bond acceptors (Lipinski definition) is 3. The van der Waals surface area contributed by atoms with Crippen LogP contribution in [0.3, 0.4) is 0 Å². The summed E-state index contributed by atoms with van der Waals surface area (Å²) in [4.78, 5) is 14.2. The molecule has 100 valence electrons. The smallest absolute Gasteiger partial charge is 0.237 e. The lowest BCUT2D eigenvalue weighted by molar-refractivity contribution is -0.127. The molecule has 0 bridgehead atoms. The van der Waals surface area contributed by atoms with E-state index in [1.165, 1.54) is 0 Å². The molecular weight excluding hydrogens is 216 g/mol. The van der Waals surface area contributed by atoms with Gasteiger partial charge in [0.15, 0.2) is 0 Å². The summed E-state index contributed by atoms with van der Waals surface area (Å²) in [7, 11) is 0. The fraction of sp³-hybridized carbons (Fsp3) is 0.923. The van der Waals surface area contributed by atoms with Crippen molar-refractivity contribution in [3.8, 4) is 0 Å². The highest BCUT2D eigenvalue weighted by Gasteiger charge is 2.31. The van der Waals surface area contributed by atoms with Gasteiger partial charge in [0.25, 0.3) is 0 Å². The van der Waals surface area contributed by atoms with Gasteiger partial charge in [-0.1, -0.05) is 13.8 Å². The fourth-order valence-electron chi connectivity index (χ4n) is 2.53. The van der Waals surface area contributed by atoms with Crippen LogP contribution in [0.1, 0.15) is 46.5 Å². The maximum absolute atomic E-state index is 12.1. The molecule has 0 aromatic heterocycles. The van der Waals surface area contributed by atoms with Crippen LogP contribution >= 0.6 is 0 Å². The number of carbonyl (C=O) groups excluding carboxylic acids is 1. The molecule has 1 aliphatic heterocycles. The molecule has 0 radical (unpaired) electrons. The molecule has 2 N–H and O–H groups in total. The molecule has 1 aliphatic rings. The van der Waals surface area contributed by atoms with Crippen LogP contribution in [0.5, 0.6) is 0 Å². The molecule has 0 aromatic rings. The Balaban J connectivity index is 2.50. The lowest BCUT2D eigenvalue weighted by Gasteiger charge is -2.29. The summed E-state index contributed by atoms with van der Waals surface area (Å²) in [5.41, 5.74) is 0. The van der Waals surface area contributed by atoms with Crippen LogP contribution in [-0.2, 0) is 4.79 Å². The third-order valence-electron chi connectivity index (χ3n) is 3.84. The molecule has 1 rings (SSSR count). The van der Waals surface area contributed by atoms with Crippen molar-refractivity contribution in [3.05, 3.63) is 0 Å². The van der Waals surface area contributed by atoms with Crippen molar-refractivity contribution >= 4 is 5.91 Å². The average Bonchev–Trinajstić information content (AvgIpc) is 2.82. The van der Waals surface area contributed by atoms with Crippen molar-refractivity contribution in [2.45, 2.75) is 64.6 Å². The van der Waals surface area contributed by atoms with Gasteiger partial charge >= 0.3 is 0 Å². The van der Waals surface area contributed by atoms with Gasteiger partial charge in [0.2, 0.25) is 5.91 Å². The SMILES string of the molecule is CCC(CC)NC(=O)C(C)N1CCC[C@@H]1CO. The molecule has 2 atom stereocenters. The van der Waals surface area contributed by atoms with Gasteiger partial charge < -0.3 is 10.4 Å². The van der Waals surface area contributed by atoms with Crippen LogP contribution in [0.4, 0.5) is 0 Å². The van der Waals surface area contributed by atoms with Crippen molar-refractivity contribution in [1.29, 1.82) is 0 Å². The second-order valence-electron chi connectivity index (χ2n) is 4.91. The van der Waals surface area contributed by atoms with Gasteiger partial charge in [-0.3, -0.25) is 9.69 Å². The summed E-state index contributed by atoms with van der Waals surface area (Å²) in [6.45, 7) is 7.19. The first-order chi connectivity index (χ1) is 8.13. The Morgan fingerprint density at radius 3 is 2.65 bits per heavy atom. The maximum atomic E-state index is 12.1. The number of carbonyl (C=O) groups is 1. The second-order valence-corrected chi connectivity index (χ2v) is 4.91. The second kappa shape index (κ2) is 6.97. The van der Waals surface area contributed by atoms with Crippen LogP contribution in [0.2, 0.25) is 0 Å². The summed E-state index contributed by atoms with van der Waals surface area (Å²) in [6.07, 6.45) is 4.02. The molecule has 1 heterocycles. The minimum Gasteiger partial charge on any atom is -0.395 e. The first-order valence-corrected chi connectivity index (χ1v) is 6.80. The Bertz CT molecular complexity index is 242. The van der Waals surface area contributed by atoms with Crippen LogP contribution in [0.15, 0.2) is 0 Å². The Morgan fingerprint density at radius 1 is 1.47 bits per heavy atom. The lowest BCUT2D eigenvalue weighted by atomic mass is 10.1. The van der Waals surface area contributed by atoms with Gasteiger partial charge in [-0.2, -0.15) is 0 Å². The highest BCUT2D eigenvalue weighted by Crippen LogP contribution is 2.19. The summed E-state index contributed by atoms with van der Waals surface area (Å²) in [6, 6.07) is 0.313. The quantitative estimate of drug-likeness (QED) is 0.734. The van der Waals surface area contributed by atoms with Gasteiger partial charge in [0.05, 0.1) is 12.6 Å². The number of aliphatic hydroxyl groups excluding tert-OH is 1. The van der Waals surface area contributed by atoms with Crippen molar-refractivity contribution in [2.75, 3.05) is 13.2 Å². The first kappa shape index (κ1) is 14.5. The zero-order chi connectivity index (χ0) is 12.8. The van der Waals surface area contributed by atoms with E-state index in [9.17, 15) is 9.90 Å². The Labute approximate surface area is 104 Å². The van der Waals surface area contributed by atoms with E-state index in [4.69, 9.17) is 0 Å². The lowest BCUT2D eigenvalue weighted by Crippen LogP contribution is -2.50. The largest absolute Gasteiger partial charge is 0.395 e. The topological polar surface area (TPSA) is 52.6 Å². The molecule has 1 amide bonds. The number of likely N-dealkylation sites (tertiary alicyclic amines) is 1. The maximum Gasteiger partial charge on any atom is 0.237 e. The highest BCUT2D eigenvalue weighted by atomic mass is 16.3. The summed E-state index contributed by atoms with van der Waals surface area (Å²) < 4.78 is 0. The summed E-state index contributed by atoms with van der Waals surface area (Å²) in [5.74, 6) is 0.0963. The summed E-state index contributed by atoms with van der Waals surface area (Å²) in [5, 5.41) is 12.3. The molecule has 0 saturated carbocycles. The molecule has 1 unspecified atom stereocenters. The predicted molar refractivity (Wildman–Crippen MR) is 68.8 cm³/mol. The van der Waals surface area contributed by atoms with E-state index in [0.29, 0.717) is 0 Å². The number of hydrogen-bond donors (Lipinski definition) is 2. The molecule has 0 aliphatic carbocycles. The standard InChI is InChI=1S/C13H26N2O2/c1-4-11(5-2)14-13(17)10(3)15-8-6-7-12(15)9-16/h10-12,16H,4-9H2,1-3H3,(H,14,17)/t10?,12-/m1/s1.